The molecule has 0 aliphatic carbocycles. The summed E-state index contributed by atoms with van der Waals surface area (Å²) in [6.07, 6.45) is 1.80. The quantitative estimate of drug-likeness (QED) is 0.727. The maximum atomic E-state index is 12.6. The molecule has 1 fully saturated rings. The van der Waals surface area contributed by atoms with Crippen molar-refractivity contribution >= 4 is 23.0 Å². The molecular formula is C24H26N4O. The van der Waals surface area contributed by atoms with Gasteiger partial charge in [0.2, 0.25) is 0 Å². The SMILES string of the molecule is Cc1cccc(C)c1NC(=O)c1ccc(N2CCN(c3ccccc3)CC2)cn1. The number of aryl methyl sites for hydroxylation is 2. The second-order valence-corrected chi connectivity index (χ2v) is 7.43. The number of nitrogens with one attached hydrogen (secondary N) is 1. The number of anilines is 3. The van der Waals surface area contributed by atoms with Gasteiger partial charge < -0.3 is 15.1 Å². The Morgan fingerprint density at radius 3 is 2.00 bits per heavy atom. The Balaban J connectivity index is 1.39. The lowest BCUT2D eigenvalue weighted by Crippen LogP contribution is -2.46. The van der Waals surface area contributed by atoms with E-state index in [4.69, 9.17) is 0 Å². The van der Waals surface area contributed by atoms with E-state index in [-0.39, 0.29) is 5.91 Å². The van der Waals surface area contributed by atoms with Gasteiger partial charge in [-0.15, -0.1) is 0 Å². The van der Waals surface area contributed by atoms with Gasteiger partial charge in [0.15, 0.2) is 0 Å². The summed E-state index contributed by atoms with van der Waals surface area (Å²) in [6, 6.07) is 20.3. The predicted octanol–water partition coefficient (Wildman–Crippen LogP) is 4.28. The molecule has 2 aromatic carbocycles. The molecule has 0 atom stereocenters. The topological polar surface area (TPSA) is 48.5 Å². The summed E-state index contributed by atoms with van der Waals surface area (Å²) < 4.78 is 0. The standard InChI is InChI=1S/C24H26N4O/c1-18-7-6-8-19(2)23(18)26-24(29)22-12-11-21(17-25-22)28-15-13-27(14-16-28)20-9-4-3-5-10-20/h3-12,17H,13-16H2,1-2H3,(H,26,29). The minimum atomic E-state index is -0.178. The van der Waals surface area contributed by atoms with Crippen molar-refractivity contribution in [2.75, 3.05) is 41.3 Å². The van der Waals surface area contributed by atoms with Gasteiger partial charge in [-0.25, -0.2) is 4.98 Å². The number of hydrogen-bond acceptors (Lipinski definition) is 4. The molecule has 29 heavy (non-hydrogen) atoms. The van der Waals surface area contributed by atoms with Crippen LogP contribution in [0.2, 0.25) is 0 Å². The van der Waals surface area contributed by atoms with Crippen molar-refractivity contribution in [3.63, 3.8) is 0 Å². The van der Waals surface area contributed by atoms with Crippen molar-refractivity contribution in [2.45, 2.75) is 13.8 Å². The van der Waals surface area contributed by atoms with Crippen LogP contribution in [0.5, 0.6) is 0 Å². The first-order valence-electron chi connectivity index (χ1n) is 10.0. The van der Waals surface area contributed by atoms with Gasteiger partial charge in [0.1, 0.15) is 5.69 Å². The third-order valence-electron chi connectivity index (χ3n) is 5.47. The highest BCUT2D eigenvalue weighted by Crippen LogP contribution is 2.22. The van der Waals surface area contributed by atoms with Crippen molar-refractivity contribution in [1.82, 2.24) is 4.98 Å². The highest BCUT2D eigenvalue weighted by atomic mass is 16.1. The van der Waals surface area contributed by atoms with Crippen LogP contribution in [0.1, 0.15) is 21.6 Å². The molecule has 0 unspecified atom stereocenters. The number of piperazine rings is 1. The second-order valence-electron chi connectivity index (χ2n) is 7.43. The molecule has 1 saturated heterocycles. The van der Waals surface area contributed by atoms with Gasteiger partial charge in [-0.05, 0) is 49.2 Å². The van der Waals surface area contributed by atoms with Gasteiger partial charge in [0.05, 0.1) is 11.9 Å². The van der Waals surface area contributed by atoms with Crippen LogP contribution in [-0.2, 0) is 0 Å². The third-order valence-corrected chi connectivity index (χ3v) is 5.47. The first-order chi connectivity index (χ1) is 14.1. The van der Waals surface area contributed by atoms with Crippen molar-refractivity contribution in [2.24, 2.45) is 0 Å². The molecule has 5 nitrogen and oxygen atoms in total. The molecule has 4 rings (SSSR count). The van der Waals surface area contributed by atoms with Gasteiger partial charge >= 0.3 is 0 Å². The molecule has 1 aliphatic heterocycles. The Bertz CT molecular complexity index is 957. The number of benzene rings is 2. The van der Waals surface area contributed by atoms with Crippen LogP contribution in [0.15, 0.2) is 66.9 Å². The van der Waals surface area contributed by atoms with Crippen LogP contribution >= 0.6 is 0 Å². The van der Waals surface area contributed by atoms with Crippen LogP contribution in [-0.4, -0.2) is 37.1 Å². The molecule has 1 N–H and O–H groups in total. The molecule has 148 valence electrons. The zero-order chi connectivity index (χ0) is 20.2. The fourth-order valence-corrected chi connectivity index (χ4v) is 3.76. The van der Waals surface area contributed by atoms with E-state index in [9.17, 15) is 4.79 Å². The Morgan fingerprint density at radius 1 is 0.793 bits per heavy atom. The molecule has 2 heterocycles. The Labute approximate surface area is 172 Å². The van der Waals surface area contributed by atoms with Crippen LogP contribution in [0.3, 0.4) is 0 Å². The Morgan fingerprint density at radius 2 is 1.41 bits per heavy atom. The third kappa shape index (κ3) is 4.24. The second kappa shape index (κ2) is 8.35. The molecule has 1 amide bonds. The van der Waals surface area contributed by atoms with Gasteiger partial charge in [-0.3, -0.25) is 4.79 Å². The number of amides is 1. The van der Waals surface area contributed by atoms with E-state index in [1.54, 1.807) is 6.20 Å². The van der Waals surface area contributed by atoms with E-state index < -0.39 is 0 Å². The van der Waals surface area contributed by atoms with E-state index in [1.807, 2.05) is 50.2 Å². The first kappa shape index (κ1) is 19.0. The van der Waals surface area contributed by atoms with E-state index in [2.05, 4.69) is 44.4 Å². The molecule has 1 aromatic heterocycles. The average molecular weight is 386 g/mol. The number of nitrogens with zero attached hydrogens (tertiary/aromatic N) is 3. The molecule has 1 aliphatic rings. The lowest BCUT2D eigenvalue weighted by Gasteiger charge is -2.37. The summed E-state index contributed by atoms with van der Waals surface area (Å²) in [4.78, 5) is 21.7. The van der Waals surface area contributed by atoms with Crippen LogP contribution < -0.4 is 15.1 Å². The summed E-state index contributed by atoms with van der Waals surface area (Å²) in [6.45, 7) is 7.80. The molecule has 0 bridgehead atoms. The highest BCUT2D eigenvalue weighted by Gasteiger charge is 2.18. The van der Waals surface area contributed by atoms with E-state index in [1.165, 1.54) is 5.69 Å². The number of carbonyl (C=O) groups is 1. The van der Waals surface area contributed by atoms with Crippen molar-refractivity contribution in [3.8, 4) is 0 Å². The molecule has 3 aromatic rings. The summed E-state index contributed by atoms with van der Waals surface area (Å²) in [7, 11) is 0. The van der Waals surface area contributed by atoms with Crippen LogP contribution in [0.4, 0.5) is 17.1 Å². The number of rotatable bonds is 4. The number of carbonyl (C=O) groups excluding carboxylic acids is 1. The molecule has 0 saturated carbocycles. The van der Waals surface area contributed by atoms with E-state index >= 15 is 0 Å². The predicted molar refractivity (Wildman–Crippen MR) is 119 cm³/mol. The number of para-hydroxylation sites is 2. The number of hydrogen-bond donors (Lipinski definition) is 1. The smallest absolute Gasteiger partial charge is 0.274 e. The Kier molecular flexibility index (Phi) is 5.47. The number of pyridine rings is 1. The van der Waals surface area contributed by atoms with Gasteiger partial charge in [-0.1, -0.05) is 36.4 Å². The maximum absolute atomic E-state index is 12.6. The van der Waals surface area contributed by atoms with E-state index in [0.29, 0.717) is 5.69 Å². The molecule has 0 radical (unpaired) electrons. The minimum absolute atomic E-state index is 0.178. The van der Waals surface area contributed by atoms with Gasteiger partial charge in [0.25, 0.3) is 5.91 Å². The van der Waals surface area contributed by atoms with Gasteiger partial charge in [-0.2, -0.15) is 0 Å². The highest BCUT2D eigenvalue weighted by molar-refractivity contribution is 6.03. The molecule has 5 heteroatoms. The summed E-state index contributed by atoms with van der Waals surface area (Å²) >= 11 is 0. The van der Waals surface area contributed by atoms with Crippen molar-refractivity contribution < 1.29 is 4.79 Å². The van der Waals surface area contributed by atoms with E-state index in [0.717, 1.165) is 48.7 Å². The zero-order valence-electron chi connectivity index (χ0n) is 16.9. The van der Waals surface area contributed by atoms with Crippen molar-refractivity contribution in [3.05, 3.63) is 83.7 Å². The van der Waals surface area contributed by atoms with Crippen molar-refractivity contribution in [1.29, 1.82) is 0 Å². The molecular weight excluding hydrogens is 360 g/mol. The minimum Gasteiger partial charge on any atom is -0.368 e. The fraction of sp³-hybridized carbons (Fsp3) is 0.250. The van der Waals surface area contributed by atoms with Gasteiger partial charge in [0, 0.05) is 37.6 Å². The van der Waals surface area contributed by atoms with Crippen LogP contribution in [0, 0.1) is 13.8 Å². The summed E-state index contributed by atoms with van der Waals surface area (Å²) in [5.74, 6) is -0.178. The zero-order valence-corrected chi connectivity index (χ0v) is 16.9. The lowest BCUT2D eigenvalue weighted by atomic mass is 10.1. The number of aromatic nitrogens is 1. The largest absolute Gasteiger partial charge is 0.368 e. The average Bonchev–Trinajstić information content (AvgIpc) is 2.77. The summed E-state index contributed by atoms with van der Waals surface area (Å²) in [5, 5.41) is 3.00. The lowest BCUT2D eigenvalue weighted by molar-refractivity contribution is 0.102. The summed E-state index contributed by atoms with van der Waals surface area (Å²) in [5.41, 5.74) is 5.71. The molecule has 0 spiro atoms. The Hall–Kier alpha value is -3.34. The monoisotopic (exact) mass is 386 g/mol. The maximum Gasteiger partial charge on any atom is 0.274 e. The first-order valence-corrected chi connectivity index (χ1v) is 10.0. The normalized spacial score (nSPS) is 14.0. The van der Waals surface area contributed by atoms with Crippen LogP contribution in [0.25, 0.3) is 0 Å². The fourth-order valence-electron chi connectivity index (χ4n) is 3.76.